The van der Waals surface area contributed by atoms with E-state index in [-0.39, 0.29) is 17.4 Å². The SMILES string of the molecule is CCC1Cc2ccccc2CN(Cc2cccc(-c3cccc(-n4ncc(C(=O)O)c4[C@@H]4C[C@H]4c4cn(C)nn4)c3)c2)C1. The Balaban J connectivity index is 1.16. The second-order valence-corrected chi connectivity index (χ2v) is 12.1. The van der Waals surface area contributed by atoms with Crippen molar-refractivity contribution in [1.82, 2.24) is 29.7 Å². The summed E-state index contributed by atoms with van der Waals surface area (Å²) in [6.07, 6.45) is 6.53. The van der Waals surface area contributed by atoms with Gasteiger partial charge in [-0.3, -0.25) is 9.58 Å². The number of hydrogen-bond acceptors (Lipinski definition) is 5. The van der Waals surface area contributed by atoms with Gasteiger partial charge >= 0.3 is 5.97 Å². The normalized spacial score (nSPS) is 20.0. The highest BCUT2D eigenvalue weighted by atomic mass is 16.4. The van der Waals surface area contributed by atoms with Crippen LogP contribution in [0.4, 0.5) is 0 Å². The molecule has 43 heavy (non-hydrogen) atoms. The molecule has 0 amide bonds. The van der Waals surface area contributed by atoms with E-state index in [1.165, 1.54) is 29.3 Å². The van der Waals surface area contributed by atoms with Gasteiger partial charge in [0.25, 0.3) is 0 Å². The minimum absolute atomic E-state index is 0.0305. The largest absolute Gasteiger partial charge is 0.478 e. The van der Waals surface area contributed by atoms with E-state index in [1.807, 2.05) is 25.4 Å². The van der Waals surface area contributed by atoms with E-state index < -0.39 is 5.97 Å². The molecule has 1 unspecified atom stereocenters. The fourth-order valence-electron chi connectivity index (χ4n) is 6.72. The van der Waals surface area contributed by atoms with Crippen LogP contribution in [0.25, 0.3) is 16.8 Å². The molecule has 1 aliphatic carbocycles. The summed E-state index contributed by atoms with van der Waals surface area (Å²) in [4.78, 5) is 14.8. The fourth-order valence-corrected chi connectivity index (χ4v) is 6.72. The summed E-state index contributed by atoms with van der Waals surface area (Å²) in [6, 6.07) is 25.9. The quantitative estimate of drug-likeness (QED) is 0.237. The van der Waals surface area contributed by atoms with Gasteiger partial charge in [0.05, 0.1) is 23.3 Å². The van der Waals surface area contributed by atoms with E-state index in [2.05, 4.69) is 87.9 Å². The third-order valence-corrected chi connectivity index (χ3v) is 9.05. The molecule has 0 bridgehead atoms. The Kier molecular flexibility index (Phi) is 7.15. The molecule has 1 saturated carbocycles. The van der Waals surface area contributed by atoms with E-state index in [9.17, 15) is 9.90 Å². The predicted molar refractivity (Wildman–Crippen MR) is 165 cm³/mol. The zero-order valence-electron chi connectivity index (χ0n) is 24.6. The minimum Gasteiger partial charge on any atom is -0.478 e. The Labute approximate surface area is 251 Å². The molecule has 0 radical (unpaired) electrons. The molecule has 2 aromatic heterocycles. The van der Waals surface area contributed by atoms with Crippen LogP contribution in [0, 0.1) is 5.92 Å². The number of fused-ring (bicyclic) bond motifs is 1. The lowest BCUT2D eigenvalue weighted by Gasteiger charge is -2.24. The molecule has 3 atom stereocenters. The highest BCUT2D eigenvalue weighted by Crippen LogP contribution is 2.55. The topological polar surface area (TPSA) is 89.1 Å². The van der Waals surface area contributed by atoms with Gasteiger partial charge < -0.3 is 5.11 Å². The molecule has 3 heterocycles. The lowest BCUT2D eigenvalue weighted by molar-refractivity contribution is 0.0695. The van der Waals surface area contributed by atoms with Crippen LogP contribution in [0.5, 0.6) is 0 Å². The van der Waals surface area contributed by atoms with Gasteiger partial charge in [0.2, 0.25) is 0 Å². The Hall–Kier alpha value is -4.56. The van der Waals surface area contributed by atoms with Gasteiger partial charge in [-0.15, -0.1) is 5.10 Å². The molecule has 8 heteroatoms. The third kappa shape index (κ3) is 5.50. The summed E-state index contributed by atoms with van der Waals surface area (Å²) in [5.41, 5.74) is 9.13. The van der Waals surface area contributed by atoms with E-state index in [4.69, 9.17) is 0 Å². The van der Waals surface area contributed by atoms with Gasteiger partial charge in [0, 0.05) is 44.7 Å². The first-order chi connectivity index (χ1) is 21.0. The maximum atomic E-state index is 12.2. The van der Waals surface area contributed by atoms with Crippen LogP contribution >= 0.6 is 0 Å². The number of carboxylic acid groups (broad SMARTS) is 1. The first-order valence-electron chi connectivity index (χ1n) is 15.1. The number of carbonyl (C=O) groups is 1. The van der Waals surface area contributed by atoms with Crippen molar-refractivity contribution >= 4 is 5.97 Å². The first-order valence-corrected chi connectivity index (χ1v) is 15.1. The van der Waals surface area contributed by atoms with Crippen LogP contribution < -0.4 is 0 Å². The van der Waals surface area contributed by atoms with Crippen molar-refractivity contribution in [2.75, 3.05) is 6.54 Å². The summed E-state index contributed by atoms with van der Waals surface area (Å²) >= 11 is 0. The summed E-state index contributed by atoms with van der Waals surface area (Å²) in [6.45, 7) is 5.26. The van der Waals surface area contributed by atoms with Crippen molar-refractivity contribution in [3.8, 4) is 16.8 Å². The molecule has 7 rings (SSSR count). The Morgan fingerprint density at radius 3 is 2.53 bits per heavy atom. The monoisotopic (exact) mass is 572 g/mol. The number of hydrogen-bond donors (Lipinski definition) is 1. The maximum Gasteiger partial charge on any atom is 0.339 e. The Morgan fingerprint density at radius 2 is 1.77 bits per heavy atom. The van der Waals surface area contributed by atoms with Crippen LogP contribution in [0.15, 0.2) is 85.2 Å². The molecule has 1 aliphatic heterocycles. The number of benzene rings is 3. The molecule has 2 aliphatic rings. The zero-order chi connectivity index (χ0) is 29.5. The number of aromatic carboxylic acids is 1. The van der Waals surface area contributed by atoms with Crippen LogP contribution in [0.1, 0.15) is 70.0 Å². The van der Waals surface area contributed by atoms with Crippen LogP contribution in [-0.4, -0.2) is 47.3 Å². The summed E-state index contributed by atoms with van der Waals surface area (Å²) in [7, 11) is 1.84. The van der Waals surface area contributed by atoms with Crippen LogP contribution in [-0.2, 0) is 26.6 Å². The third-order valence-electron chi connectivity index (χ3n) is 9.05. The van der Waals surface area contributed by atoms with Crippen molar-refractivity contribution in [2.45, 2.75) is 51.1 Å². The van der Waals surface area contributed by atoms with Gasteiger partial charge in [0.1, 0.15) is 5.56 Å². The number of aryl methyl sites for hydroxylation is 1. The second kappa shape index (κ2) is 11.3. The van der Waals surface area contributed by atoms with Crippen molar-refractivity contribution in [3.63, 3.8) is 0 Å². The first kappa shape index (κ1) is 27.3. The molecular weight excluding hydrogens is 536 g/mol. The lowest BCUT2D eigenvalue weighted by Crippen LogP contribution is -2.27. The summed E-state index contributed by atoms with van der Waals surface area (Å²) in [5, 5.41) is 22.9. The molecule has 5 aromatic rings. The minimum atomic E-state index is -0.962. The average molecular weight is 573 g/mol. The molecule has 3 aromatic carbocycles. The number of carboxylic acids is 1. The molecule has 1 fully saturated rings. The molecule has 218 valence electrons. The molecule has 1 N–H and O–H groups in total. The summed E-state index contributed by atoms with van der Waals surface area (Å²) < 4.78 is 3.49. The lowest BCUT2D eigenvalue weighted by atomic mass is 9.95. The van der Waals surface area contributed by atoms with Crippen molar-refractivity contribution in [3.05, 3.63) is 119 Å². The fraction of sp³-hybridized carbons (Fsp3) is 0.314. The molecule has 8 nitrogen and oxygen atoms in total. The molecule has 0 saturated heterocycles. The average Bonchev–Trinajstić information content (AvgIpc) is 3.53. The number of rotatable bonds is 8. The van der Waals surface area contributed by atoms with Crippen LogP contribution in [0.3, 0.4) is 0 Å². The standard InChI is InChI=1S/C35H36N6O2/c1-3-23-14-26-9-4-5-10-28(26)21-40(19-23)20-24-8-6-11-25(15-24)27-12-7-13-29(16-27)41-34(32(18-36-41)35(42)43)31-17-30(31)33-22-39(2)38-37-33/h4-13,15-16,18,22-23,30-31H,3,14,17,19-21H2,1-2H3,(H,42,43)/t23?,30-,31-/m1/s1. The smallest absolute Gasteiger partial charge is 0.339 e. The van der Waals surface area contributed by atoms with Crippen molar-refractivity contribution in [1.29, 1.82) is 0 Å². The van der Waals surface area contributed by atoms with Crippen molar-refractivity contribution < 1.29 is 9.90 Å². The highest BCUT2D eigenvalue weighted by molar-refractivity contribution is 5.89. The Bertz CT molecular complexity index is 1790. The molecular formula is C35H36N6O2. The summed E-state index contributed by atoms with van der Waals surface area (Å²) in [5.74, 6) is -0.137. The second-order valence-electron chi connectivity index (χ2n) is 12.1. The highest BCUT2D eigenvalue weighted by Gasteiger charge is 2.46. The van der Waals surface area contributed by atoms with E-state index in [0.717, 1.165) is 60.7 Å². The molecule has 0 spiro atoms. The number of nitrogens with zero attached hydrogens (tertiary/aromatic N) is 6. The zero-order valence-corrected chi connectivity index (χ0v) is 24.6. The van der Waals surface area contributed by atoms with Gasteiger partial charge in [-0.25, -0.2) is 9.48 Å². The van der Waals surface area contributed by atoms with Gasteiger partial charge in [-0.1, -0.05) is 73.2 Å². The van der Waals surface area contributed by atoms with Gasteiger partial charge in [-0.05, 0) is 64.8 Å². The van der Waals surface area contributed by atoms with E-state index >= 15 is 0 Å². The maximum absolute atomic E-state index is 12.2. The number of aromatic nitrogens is 5. The van der Waals surface area contributed by atoms with Crippen LogP contribution in [0.2, 0.25) is 0 Å². The predicted octanol–water partition coefficient (Wildman–Crippen LogP) is 6.22. The van der Waals surface area contributed by atoms with Gasteiger partial charge in [-0.2, -0.15) is 5.10 Å². The Morgan fingerprint density at radius 1 is 0.977 bits per heavy atom. The van der Waals surface area contributed by atoms with Crippen molar-refractivity contribution in [2.24, 2.45) is 13.0 Å². The van der Waals surface area contributed by atoms with Gasteiger partial charge in [0.15, 0.2) is 0 Å². The van der Waals surface area contributed by atoms with E-state index in [0.29, 0.717) is 5.92 Å². The van der Waals surface area contributed by atoms with E-state index in [1.54, 1.807) is 9.36 Å².